The highest BCUT2D eigenvalue weighted by atomic mass is 35.5. The average Bonchev–Trinajstić information content (AvgIpc) is 2.91. The number of benzene rings is 1. The second-order valence-corrected chi connectivity index (χ2v) is 9.25. The van der Waals surface area contributed by atoms with Crippen LogP contribution in [0.5, 0.6) is 0 Å². The molecule has 0 radical (unpaired) electrons. The molecule has 0 fully saturated rings. The minimum Gasteiger partial charge on any atom is -0.323 e. The first-order valence-electron chi connectivity index (χ1n) is 6.35. The molecule has 1 aromatic carbocycles. The molecule has 0 amide bonds. The molecule has 2 aromatic rings. The Morgan fingerprint density at radius 3 is 2.65 bits per heavy atom. The monoisotopic (exact) mass is 389 g/mol. The van der Waals surface area contributed by atoms with E-state index in [2.05, 4.69) is 15.0 Å². The number of thiophene rings is 1. The summed E-state index contributed by atoms with van der Waals surface area (Å²) in [5.74, 6) is 0.152. The summed E-state index contributed by atoms with van der Waals surface area (Å²) >= 11 is 7.39. The van der Waals surface area contributed by atoms with Crippen molar-refractivity contribution in [2.24, 2.45) is 4.99 Å². The number of fused-ring (bicyclic) bond motifs is 1. The first-order chi connectivity index (χ1) is 10.8. The summed E-state index contributed by atoms with van der Waals surface area (Å²) in [5, 5.41) is 5.10. The minimum absolute atomic E-state index is 0.152. The molecule has 6 nitrogen and oxygen atoms in total. The van der Waals surface area contributed by atoms with E-state index < -0.39 is 20.8 Å². The number of halogens is 1. The highest BCUT2D eigenvalue weighted by Gasteiger charge is 2.31. The number of guanidine groups is 1. The molecule has 1 aromatic heterocycles. The van der Waals surface area contributed by atoms with Gasteiger partial charge in [-0.05, 0) is 12.1 Å². The van der Waals surface area contributed by atoms with E-state index in [0.29, 0.717) is 26.7 Å². The third kappa shape index (κ3) is 2.89. The van der Waals surface area contributed by atoms with Crippen LogP contribution in [0.25, 0.3) is 11.1 Å². The molecule has 1 unspecified atom stereocenters. The van der Waals surface area contributed by atoms with Gasteiger partial charge < -0.3 is 5.32 Å². The van der Waals surface area contributed by atoms with Gasteiger partial charge in [0.25, 0.3) is 10.0 Å². The molecule has 23 heavy (non-hydrogen) atoms. The van der Waals surface area contributed by atoms with Crippen molar-refractivity contribution in [1.29, 1.82) is 0 Å². The fraction of sp³-hybridized carbons (Fsp3) is 0.154. The van der Waals surface area contributed by atoms with Gasteiger partial charge in [-0.25, -0.2) is 13.1 Å². The number of hydrogen-bond donors (Lipinski definition) is 2. The van der Waals surface area contributed by atoms with Crippen LogP contribution in [0.3, 0.4) is 0 Å². The maximum absolute atomic E-state index is 12.2. The zero-order valence-corrected chi connectivity index (χ0v) is 15.3. The number of hydrogen-bond acceptors (Lipinski definition) is 5. The summed E-state index contributed by atoms with van der Waals surface area (Å²) in [7, 11) is -3.29. The van der Waals surface area contributed by atoms with Gasteiger partial charge in [0.05, 0.1) is 5.69 Å². The SMILES string of the molecule is CN=C1Nc2c(-c3ccc(S(C)=O)cc3Cl)csc2S(=O)(=O)N1. The summed E-state index contributed by atoms with van der Waals surface area (Å²) in [4.78, 5) is 4.47. The van der Waals surface area contributed by atoms with Crippen molar-refractivity contribution in [3.8, 4) is 11.1 Å². The van der Waals surface area contributed by atoms with Crippen molar-refractivity contribution in [2.45, 2.75) is 9.10 Å². The van der Waals surface area contributed by atoms with E-state index in [1.165, 1.54) is 7.05 Å². The molecule has 1 atom stereocenters. The van der Waals surface area contributed by atoms with Gasteiger partial charge in [0.2, 0.25) is 5.96 Å². The van der Waals surface area contributed by atoms with Gasteiger partial charge in [-0.15, -0.1) is 11.3 Å². The average molecular weight is 390 g/mol. The second kappa shape index (κ2) is 5.90. The van der Waals surface area contributed by atoms with Crippen LogP contribution >= 0.6 is 22.9 Å². The minimum atomic E-state index is -3.64. The molecule has 0 saturated heterocycles. The highest BCUT2D eigenvalue weighted by Crippen LogP contribution is 2.43. The Kier molecular flexibility index (Phi) is 4.21. The molecule has 2 heterocycles. The fourth-order valence-electron chi connectivity index (χ4n) is 2.17. The topological polar surface area (TPSA) is 87.6 Å². The largest absolute Gasteiger partial charge is 0.323 e. The molecule has 1 aliphatic heterocycles. The van der Waals surface area contributed by atoms with Gasteiger partial charge in [-0.3, -0.25) is 9.20 Å². The summed E-state index contributed by atoms with van der Waals surface area (Å²) in [6.45, 7) is 0. The van der Waals surface area contributed by atoms with E-state index in [1.807, 2.05) is 0 Å². The van der Waals surface area contributed by atoms with Crippen molar-refractivity contribution in [1.82, 2.24) is 4.72 Å². The van der Waals surface area contributed by atoms with Gasteiger partial charge in [0.1, 0.15) is 0 Å². The third-order valence-electron chi connectivity index (χ3n) is 3.26. The molecule has 0 spiro atoms. The normalized spacial score (nSPS) is 18.8. The molecule has 10 heteroatoms. The van der Waals surface area contributed by atoms with Crippen LogP contribution < -0.4 is 10.0 Å². The summed E-state index contributed by atoms with van der Waals surface area (Å²) in [6.07, 6.45) is 1.57. The van der Waals surface area contributed by atoms with Crippen molar-refractivity contribution >= 4 is 55.4 Å². The van der Waals surface area contributed by atoms with E-state index in [9.17, 15) is 12.6 Å². The van der Waals surface area contributed by atoms with E-state index in [4.69, 9.17) is 11.6 Å². The molecule has 3 rings (SSSR count). The quantitative estimate of drug-likeness (QED) is 0.826. The van der Waals surface area contributed by atoms with E-state index >= 15 is 0 Å². The van der Waals surface area contributed by atoms with Crippen molar-refractivity contribution in [3.63, 3.8) is 0 Å². The van der Waals surface area contributed by atoms with Crippen LogP contribution in [-0.4, -0.2) is 31.9 Å². The number of sulfonamides is 1. The number of anilines is 1. The van der Waals surface area contributed by atoms with Crippen molar-refractivity contribution in [3.05, 3.63) is 28.6 Å². The van der Waals surface area contributed by atoms with E-state index in [-0.39, 0.29) is 10.2 Å². The smallest absolute Gasteiger partial charge is 0.275 e. The first-order valence-corrected chi connectivity index (χ1v) is 10.6. The molecule has 1 aliphatic rings. The molecule has 0 bridgehead atoms. The summed E-state index contributed by atoms with van der Waals surface area (Å²) < 4.78 is 38.5. The zero-order valence-electron chi connectivity index (χ0n) is 12.1. The Morgan fingerprint density at radius 1 is 1.30 bits per heavy atom. The van der Waals surface area contributed by atoms with Crippen LogP contribution in [0.4, 0.5) is 5.69 Å². The number of nitrogens with one attached hydrogen (secondary N) is 2. The van der Waals surface area contributed by atoms with Gasteiger partial charge >= 0.3 is 0 Å². The lowest BCUT2D eigenvalue weighted by Gasteiger charge is -2.19. The lowest BCUT2D eigenvalue weighted by molar-refractivity contribution is 0.594. The number of aliphatic imine (C=N–C) groups is 1. The van der Waals surface area contributed by atoms with Gasteiger partial charge in [0.15, 0.2) is 4.21 Å². The van der Waals surface area contributed by atoms with Crippen LogP contribution in [0, 0.1) is 0 Å². The highest BCUT2D eigenvalue weighted by molar-refractivity contribution is 7.92. The molecule has 0 saturated carbocycles. The molecule has 2 N–H and O–H groups in total. The van der Waals surface area contributed by atoms with E-state index in [1.54, 1.807) is 29.8 Å². The number of rotatable bonds is 2. The van der Waals surface area contributed by atoms with Crippen LogP contribution in [-0.2, 0) is 20.8 Å². The zero-order chi connectivity index (χ0) is 16.8. The Morgan fingerprint density at radius 2 is 2.04 bits per heavy atom. The van der Waals surface area contributed by atoms with Gasteiger partial charge in [-0.2, -0.15) is 0 Å². The number of nitrogens with zero attached hydrogens (tertiary/aromatic N) is 1. The Balaban J connectivity index is 2.18. The Hall–Kier alpha value is -1.42. The maximum Gasteiger partial charge on any atom is 0.275 e. The molecule has 122 valence electrons. The first kappa shape index (κ1) is 16.4. The Bertz CT molecular complexity index is 951. The second-order valence-electron chi connectivity index (χ2n) is 4.71. The third-order valence-corrected chi connectivity index (χ3v) is 7.37. The lowest BCUT2D eigenvalue weighted by atomic mass is 10.1. The molecule has 0 aliphatic carbocycles. The van der Waals surface area contributed by atoms with Gasteiger partial charge in [0, 0.05) is 50.5 Å². The summed E-state index contributed by atoms with van der Waals surface area (Å²) in [5.41, 5.74) is 1.77. The van der Waals surface area contributed by atoms with Crippen LogP contribution in [0.15, 0.2) is 37.7 Å². The standard InChI is InChI=1S/C13H12ClN3O3S3/c1-15-13-16-11-9(6-21-12(11)23(19,20)17-13)8-4-3-7(22(2)18)5-10(8)14/h3-6H,1-2H3,(H2,15,16,17). The fourth-order valence-corrected chi connectivity index (χ4v) is 5.50. The lowest BCUT2D eigenvalue weighted by Crippen LogP contribution is -2.39. The molecular weight excluding hydrogens is 378 g/mol. The van der Waals surface area contributed by atoms with E-state index in [0.717, 1.165) is 11.3 Å². The predicted molar refractivity (Wildman–Crippen MR) is 94.4 cm³/mol. The molecular formula is C13H12ClN3O3S3. The van der Waals surface area contributed by atoms with Crippen LogP contribution in [0.2, 0.25) is 5.02 Å². The van der Waals surface area contributed by atoms with Crippen molar-refractivity contribution < 1.29 is 12.6 Å². The summed E-state index contributed by atoms with van der Waals surface area (Å²) in [6, 6.07) is 5.08. The van der Waals surface area contributed by atoms with Crippen LogP contribution in [0.1, 0.15) is 0 Å². The van der Waals surface area contributed by atoms with Gasteiger partial charge in [-0.1, -0.05) is 17.7 Å². The van der Waals surface area contributed by atoms with Crippen molar-refractivity contribution in [2.75, 3.05) is 18.6 Å². The maximum atomic E-state index is 12.2. The Labute approximate surface area is 145 Å². The predicted octanol–water partition coefficient (Wildman–Crippen LogP) is 2.50.